The molecule has 0 aliphatic carbocycles. The van der Waals surface area contributed by atoms with Crippen LogP contribution in [0.25, 0.3) is 5.69 Å². The van der Waals surface area contributed by atoms with Crippen LogP contribution in [0.2, 0.25) is 0 Å². The van der Waals surface area contributed by atoms with Crippen molar-refractivity contribution < 1.29 is 9.72 Å². The van der Waals surface area contributed by atoms with Crippen LogP contribution in [-0.4, -0.2) is 21.6 Å². The number of para-hydroxylation sites is 1. The molecule has 142 valence electrons. The molecule has 0 radical (unpaired) electrons. The summed E-state index contributed by atoms with van der Waals surface area (Å²) in [5, 5.41) is 15.0. The highest BCUT2D eigenvalue weighted by Gasteiger charge is 2.15. The molecule has 0 spiro atoms. The van der Waals surface area contributed by atoms with Gasteiger partial charge in [0.25, 0.3) is 5.69 Å². The van der Waals surface area contributed by atoms with Crippen molar-refractivity contribution in [3.05, 3.63) is 93.3 Å². The van der Waals surface area contributed by atoms with Gasteiger partial charge >= 0.3 is 0 Å². The molecule has 0 saturated heterocycles. The topological polar surface area (TPSA) is 89.5 Å². The first-order chi connectivity index (χ1) is 13.5. The first-order valence-corrected chi connectivity index (χ1v) is 8.75. The third-order valence-electron chi connectivity index (χ3n) is 4.32. The van der Waals surface area contributed by atoms with Crippen LogP contribution in [0.1, 0.15) is 22.4 Å². The molecule has 0 aliphatic rings. The Bertz CT molecular complexity index is 1050. The number of nitro groups is 1. The minimum absolute atomic E-state index is 0.0784. The van der Waals surface area contributed by atoms with Gasteiger partial charge in [0.15, 0.2) is 0 Å². The highest BCUT2D eigenvalue weighted by molar-refractivity contribution is 5.83. The van der Waals surface area contributed by atoms with Gasteiger partial charge in [0.2, 0.25) is 5.91 Å². The van der Waals surface area contributed by atoms with Crippen LogP contribution in [0.5, 0.6) is 0 Å². The van der Waals surface area contributed by atoms with Gasteiger partial charge in [-0.2, -0.15) is 5.10 Å². The van der Waals surface area contributed by atoms with E-state index in [9.17, 15) is 14.9 Å². The van der Waals surface area contributed by atoms with Crippen LogP contribution in [-0.2, 0) is 11.2 Å². The van der Waals surface area contributed by atoms with E-state index in [-0.39, 0.29) is 12.1 Å². The highest BCUT2D eigenvalue weighted by Crippen LogP contribution is 2.19. The Balaban J connectivity index is 1.70. The van der Waals surface area contributed by atoms with Crippen molar-refractivity contribution in [2.45, 2.75) is 20.3 Å². The molecule has 3 aromatic rings. The summed E-state index contributed by atoms with van der Waals surface area (Å²) >= 11 is 0. The fraction of sp³-hybridized carbons (Fsp3) is 0.143. The minimum atomic E-state index is -0.497. The summed E-state index contributed by atoms with van der Waals surface area (Å²) in [5.41, 5.74) is 6.85. The quantitative estimate of drug-likeness (QED) is 0.404. The first-order valence-electron chi connectivity index (χ1n) is 8.75. The standard InChI is InChI=1S/C21H20N4O3/c1-15-9-10-19(16(2)12-15)24-11-5-7-18(24)14-22-23-21(26)13-17-6-3-4-8-20(17)25(27)28/h3-12,14H,13H2,1-2H3,(H,23,26)/b22-14+. The van der Waals surface area contributed by atoms with Crippen molar-refractivity contribution in [2.24, 2.45) is 5.10 Å². The minimum Gasteiger partial charge on any atom is -0.315 e. The third kappa shape index (κ3) is 4.32. The van der Waals surface area contributed by atoms with Crippen LogP contribution < -0.4 is 5.43 Å². The molecule has 0 atom stereocenters. The molecule has 1 N–H and O–H groups in total. The van der Waals surface area contributed by atoms with Crippen LogP contribution in [0.3, 0.4) is 0 Å². The van der Waals surface area contributed by atoms with E-state index >= 15 is 0 Å². The number of aryl methyl sites for hydroxylation is 2. The molecular weight excluding hydrogens is 356 g/mol. The van der Waals surface area contributed by atoms with Gasteiger partial charge in [-0.1, -0.05) is 35.9 Å². The lowest BCUT2D eigenvalue weighted by molar-refractivity contribution is -0.385. The molecule has 1 heterocycles. The van der Waals surface area contributed by atoms with Crippen molar-refractivity contribution in [3.63, 3.8) is 0 Å². The van der Waals surface area contributed by atoms with Gasteiger partial charge in [-0.15, -0.1) is 0 Å². The molecule has 1 amide bonds. The molecule has 28 heavy (non-hydrogen) atoms. The zero-order valence-corrected chi connectivity index (χ0v) is 15.6. The zero-order valence-electron chi connectivity index (χ0n) is 15.6. The van der Waals surface area contributed by atoms with Gasteiger partial charge in [-0.25, -0.2) is 5.43 Å². The summed E-state index contributed by atoms with van der Waals surface area (Å²) in [6, 6.07) is 16.1. The van der Waals surface area contributed by atoms with E-state index in [0.29, 0.717) is 5.56 Å². The Kier molecular flexibility index (Phi) is 5.64. The SMILES string of the molecule is Cc1ccc(-n2cccc2/C=N/NC(=O)Cc2ccccc2[N+](=O)[O-])c(C)c1. The van der Waals surface area contributed by atoms with E-state index in [2.05, 4.69) is 16.6 Å². The fourth-order valence-electron chi connectivity index (χ4n) is 3.02. The summed E-state index contributed by atoms with van der Waals surface area (Å²) in [6.07, 6.45) is 3.36. The molecule has 0 fully saturated rings. The smallest absolute Gasteiger partial charge is 0.273 e. The third-order valence-corrected chi connectivity index (χ3v) is 4.32. The van der Waals surface area contributed by atoms with Gasteiger partial charge in [-0.3, -0.25) is 14.9 Å². The lowest BCUT2D eigenvalue weighted by Crippen LogP contribution is -2.20. The normalized spacial score (nSPS) is 10.9. The van der Waals surface area contributed by atoms with Crippen LogP contribution >= 0.6 is 0 Å². The number of hydrogen-bond acceptors (Lipinski definition) is 4. The number of carbonyl (C=O) groups is 1. The second-order valence-corrected chi connectivity index (χ2v) is 6.45. The molecule has 0 unspecified atom stereocenters. The average Bonchev–Trinajstić information content (AvgIpc) is 3.10. The molecule has 2 aromatic carbocycles. The molecule has 7 nitrogen and oxygen atoms in total. The van der Waals surface area contributed by atoms with Crippen LogP contribution in [0.15, 0.2) is 65.9 Å². The average molecular weight is 376 g/mol. The monoisotopic (exact) mass is 376 g/mol. The Morgan fingerprint density at radius 3 is 2.71 bits per heavy atom. The van der Waals surface area contributed by atoms with E-state index in [1.54, 1.807) is 24.4 Å². The van der Waals surface area contributed by atoms with Crippen molar-refractivity contribution in [2.75, 3.05) is 0 Å². The maximum absolute atomic E-state index is 12.1. The first kappa shape index (κ1) is 19.0. The van der Waals surface area contributed by atoms with Gasteiger partial charge < -0.3 is 4.57 Å². The number of rotatable bonds is 6. The second-order valence-electron chi connectivity index (χ2n) is 6.45. The van der Waals surface area contributed by atoms with Crippen molar-refractivity contribution in [1.29, 1.82) is 0 Å². The van der Waals surface area contributed by atoms with Crippen molar-refractivity contribution >= 4 is 17.8 Å². The Morgan fingerprint density at radius 1 is 1.18 bits per heavy atom. The van der Waals surface area contributed by atoms with E-state index < -0.39 is 10.8 Å². The summed E-state index contributed by atoms with van der Waals surface area (Å²) in [4.78, 5) is 22.6. The summed E-state index contributed by atoms with van der Waals surface area (Å²) in [6.45, 7) is 4.08. The number of aromatic nitrogens is 1. The molecule has 3 rings (SSSR count). The Hall–Kier alpha value is -3.74. The lowest BCUT2D eigenvalue weighted by atomic mass is 10.1. The van der Waals surface area contributed by atoms with Crippen LogP contribution in [0, 0.1) is 24.0 Å². The zero-order chi connectivity index (χ0) is 20.1. The van der Waals surface area contributed by atoms with Gasteiger partial charge in [-0.05, 0) is 37.6 Å². The molecule has 0 saturated carbocycles. The number of hydrazone groups is 1. The number of carbonyl (C=O) groups excluding carboxylic acids is 1. The maximum Gasteiger partial charge on any atom is 0.273 e. The molecular formula is C21H20N4O3. The second kappa shape index (κ2) is 8.30. The number of nitrogens with one attached hydrogen (secondary N) is 1. The highest BCUT2D eigenvalue weighted by atomic mass is 16.6. The number of hydrogen-bond donors (Lipinski definition) is 1. The van der Waals surface area contributed by atoms with E-state index in [0.717, 1.165) is 16.9 Å². The number of nitro benzene ring substituents is 1. The predicted octanol–water partition coefficient (Wildman–Crippen LogP) is 3.70. The van der Waals surface area contributed by atoms with Crippen molar-refractivity contribution in [3.8, 4) is 5.69 Å². The summed E-state index contributed by atoms with van der Waals surface area (Å²) in [5.74, 6) is -0.421. The molecule has 7 heteroatoms. The largest absolute Gasteiger partial charge is 0.315 e. The van der Waals surface area contributed by atoms with E-state index in [4.69, 9.17) is 0 Å². The van der Waals surface area contributed by atoms with Gasteiger partial charge in [0.05, 0.1) is 23.3 Å². The lowest BCUT2D eigenvalue weighted by Gasteiger charge is -2.10. The predicted molar refractivity (Wildman–Crippen MR) is 108 cm³/mol. The van der Waals surface area contributed by atoms with E-state index in [1.165, 1.54) is 11.6 Å². The van der Waals surface area contributed by atoms with Crippen LogP contribution in [0.4, 0.5) is 5.69 Å². The Morgan fingerprint density at radius 2 is 1.96 bits per heavy atom. The van der Waals surface area contributed by atoms with Gasteiger partial charge in [0.1, 0.15) is 0 Å². The van der Waals surface area contributed by atoms with Gasteiger partial charge in [0, 0.05) is 23.5 Å². The molecule has 0 bridgehead atoms. The summed E-state index contributed by atoms with van der Waals surface area (Å²) < 4.78 is 1.98. The number of nitrogens with zero attached hydrogens (tertiary/aromatic N) is 3. The molecule has 1 aromatic heterocycles. The fourth-order valence-corrected chi connectivity index (χ4v) is 3.02. The Labute approximate surface area is 162 Å². The van der Waals surface area contributed by atoms with E-state index in [1.807, 2.05) is 48.9 Å². The molecule has 0 aliphatic heterocycles. The summed E-state index contributed by atoms with van der Waals surface area (Å²) in [7, 11) is 0. The number of amides is 1. The number of benzene rings is 2. The van der Waals surface area contributed by atoms with Crippen molar-refractivity contribution in [1.82, 2.24) is 9.99 Å². The maximum atomic E-state index is 12.1.